The number of fused-ring (bicyclic) bond motifs is 1. The van der Waals surface area contributed by atoms with Crippen LogP contribution in [-0.2, 0) is 0 Å². The molecule has 0 aliphatic carbocycles. The maximum Gasteiger partial charge on any atom is 0.573 e. The molecule has 0 bridgehead atoms. The summed E-state index contributed by atoms with van der Waals surface area (Å²) in [6, 6.07) is 13.9. The summed E-state index contributed by atoms with van der Waals surface area (Å²) in [5.74, 6) is -0.699. The number of benzene rings is 2. The first kappa shape index (κ1) is 21.2. The zero-order chi connectivity index (χ0) is 22.9. The molecule has 0 saturated carbocycles. The number of imidazole rings is 1. The molecular weight excluding hydrogens is 423 g/mol. The molecule has 4 aromatic rings. The topological polar surface area (TPSA) is 64.9 Å². The van der Waals surface area contributed by atoms with E-state index in [9.17, 15) is 18.0 Å². The van der Waals surface area contributed by atoms with E-state index in [-0.39, 0.29) is 5.56 Å². The second kappa shape index (κ2) is 8.26. The Balaban J connectivity index is 1.64. The molecule has 0 spiro atoms. The number of hydrogen-bond donors (Lipinski definition) is 1. The molecular formula is C23H18F3N3O3. The fraction of sp³-hybridized carbons (Fsp3) is 0.130. The molecule has 0 radical (unpaired) electrons. The van der Waals surface area contributed by atoms with Crippen molar-refractivity contribution in [1.29, 1.82) is 0 Å². The van der Waals surface area contributed by atoms with Crippen LogP contribution in [-0.4, -0.2) is 28.8 Å². The van der Waals surface area contributed by atoms with Crippen molar-refractivity contribution in [2.45, 2.75) is 13.3 Å². The Hall–Kier alpha value is -4.01. The normalized spacial score (nSPS) is 11.4. The van der Waals surface area contributed by atoms with E-state index < -0.39 is 18.0 Å². The van der Waals surface area contributed by atoms with Crippen LogP contribution in [0.5, 0.6) is 11.5 Å². The van der Waals surface area contributed by atoms with E-state index in [4.69, 9.17) is 4.74 Å². The minimum Gasteiger partial charge on any atom is -0.495 e. The second-order valence-electron chi connectivity index (χ2n) is 6.99. The van der Waals surface area contributed by atoms with E-state index in [1.165, 1.54) is 19.2 Å². The van der Waals surface area contributed by atoms with Crippen LogP contribution in [0, 0.1) is 6.92 Å². The average molecular weight is 441 g/mol. The van der Waals surface area contributed by atoms with Crippen LogP contribution in [0.2, 0.25) is 0 Å². The van der Waals surface area contributed by atoms with Gasteiger partial charge in [0.25, 0.3) is 5.91 Å². The molecule has 2 aromatic carbocycles. The first-order valence-electron chi connectivity index (χ1n) is 9.53. The summed E-state index contributed by atoms with van der Waals surface area (Å²) in [6.45, 7) is 1.96. The van der Waals surface area contributed by atoms with Gasteiger partial charge in [-0.25, -0.2) is 4.98 Å². The van der Waals surface area contributed by atoms with Gasteiger partial charge in [-0.3, -0.25) is 4.79 Å². The third-order valence-electron chi connectivity index (χ3n) is 4.75. The molecule has 0 aliphatic heterocycles. The Bertz CT molecular complexity index is 1300. The smallest absolute Gasteiger partial charge is 0.495 e. The average Bonchev–Trinajstić information content (AvgIpc) is 3.18. The maximum atomic E-state index is 12.7. The van der Waals surface area contributed by atoms with E-state index in [0.29, 0.717) is 17.1 Å². The van der Waals surface area contributed by atoms with E-state index in [0.717, 1.165) is 28.9 Å². The molecule has 164 valence electrons. The maximum absolute atomic E-state index is 12.7. The van der Waals surface area contributed by atoms with Crippen LogP contribution in [0.25, 0.3) is 16.9 Å². The Morgan fingerprint density at radius 3 is 2.62 bits per heavy atom. The SMILES string of the molecule is COc1ccc(-c2cn3cccc(C)c3n2)cc1NC(=O)c1cccc(OC(F)(F)F)c1. The Kier molecular flexibility index (Phi) is 5.48. The summed E-state index contributed by atoms with van der Waals surface area (Å²) in [5.41, 5.74) is 3.61. The molecule has 2 aromatic heterocycles. The van der Waals surface area contributed by atoms with Gasteiger partial charge in [0.2, 0.25) is 0 Å². The summed E-state index contributed by atoms with van der Waals surface area (Å²) in [4.78, 5) is 17.4. The number of rotatable bonds is 5. The number of amides is 1. The van der Waals surface area contributed by atoms with Crippen molar-refractivity contribution in [3.05, 3.63) is 78.1 Å². The molecule has 32 heavy (non-hydrogen) atoms. The number of carbonyl (C=O) groups excluding carboxylic acids is 1. The van der Waals surface area contributed by atoms with Crippen molar-refractivity contribution < 1.29 is 27.4 Å². The Morgan fingerprint density at radius 1 is 1.09 bits per heavy atom. The summed E-state index contributed by atoms with van der Waals surface area (Å²) in [6.07, 6.45) is -1.09. The summed E-state index contributed by atoms with van der Waals surface area (Å²) in [7, 11) is 1.46. The lowest BCUT2D eigenvalue weighted by atomic mass is 10.1. The van der Waals surface area contributed by atoms with Gasteiger partial charge in [0, 0.05) is 23.5 Å². The molecule has 0 fully saturated rings. The monoisotopic (exact) mass is 441 g/mol. The van der Waals surface area contributed by atoms with Crippen molar-refractivity contribution in [2.75, 3.05) is 12.4 Å². The molecule has 0 aliphatic rings. The van der Waals surface area contributed by atoms with Gasteiger partial charge < -0.3 is 19.2 Å². The third-order valence-corrected chi connectivity index (χ3v) is 4.75. The lowest BCUT2D eigenvalue weighted by molar-refractivity contribution is -0.274. The van der Waals surface area contributed by atoms with Crippen molar-refractivity contribution in [3.8, 4) is 22.8 Å². The molecule has 2 heterocycles. The van der Waals surface area contributed by atoms with E-state index >= 15 is 0 Å². The Morgan fingerprint density at radius 2 is 1.91 bits per heavy atom. The van der Waals surface area contributed by atoms with Crippen LogP contribution in [0.15, 0.2) is 67.0 Å². The minimum atomic E-state index is -4.85. The van der Waals surface area contributed by atoms with E-state index in [2.05, 4.69) is 15.0 Å². The highest BCUT2D eigenvalue weighted by atomic mass is 19.4. The van der Waals surface area contributed by atoms with Gasteiger partial charge in [0.05, 0.1) is 18.5 Å². The van der Waals surface area contributed by atoms with Crippen molar-refractivity contribution >= 4 is 17.2 Å². The van der Waals surface area contributed by atoms with Gasteiger partial charge in [-0.1, -0.05) is 12.1 Å². The number of nitrogens with one attached hydrogen (secondary N) is 1. The van der Waals surface area contributed by atoms with Crippen LogP contribution >= 0.6 is 0 Å². The van der Waals surface area contributed by atoms with Gasteiger partial charge in [0.1, 0.15) is 17.1 Å². The first-order valence-corrected chi connectivity index (χ1v) is 9.53. The number of hydrogen-bond acceptors (Lipinski definition) is 4. The molecule has 1 amide bonds. The number of methoxy groups -OCH3 is 1. The second-order valence-corrected chi connectivity index (χ2v) is 6.99. The van der Waals surface area contributed by atoms with Gasteiger partial charge in [0.15, 0.2) is 0 Å². The zero-order valence-corrected chi connectivity index (χ0v) is 17.1. The number of nitrogens with zero attached hydrogens (tertiary/aromatic N) is 2. The minimum absolute atomic E-state index is 0.00237. The molecule has 9 heteroatoms. The standard InChI is InChI=1S/C23H18F3N3O3/c1-14-5-4-10-29-13-19(27-21(14)29)15-8-9-20(31-2)18(12-15)28-22(30)16-6-3-7-17(11-16)32-23(24,25)26/h3-13H,1-2H3,(H,28,30). The van der Waals surface area contributed by atoms with Crippen molar-refractivity contribution in [1.82, 2.24) is 9.38 Å². The fourth-order valence-corrected chi connectivity index (χ4v) is 3.29. The number of aromatic nitrogens is 2. The number of anilines is 1. The zero-order valence-electron chi connectivity index (χ0n) is 17.1. The number of pyridine rings is 1. The number of carbonyl (C=O) groups is 1. The predicted molar refractivity (Wildman–Crippen MR) is 113 cm³/mol. The number of alkyl halides is 3. The molecule has 0 unspecified atom stereocenters. The van der Waals surface area contributed by atoms with Gasteiger partial charge in [-0.05, 0) is 55.0 Å². The lowest BCUT2D eigenvalue weighted by Crippen LogP contribution is -2.18. The number of halogens is 3. The van der Waals surface area contributed by atoms with Crippen molar-refractivity contribution in [3.63, 3.8) is 0 Å². The largest absolute Gasteiger partial charge is 0.573 e. The summed E-state index contributed by atoms with van der Waals surface area (Å²) >= 11 is 0. The van der Waals surface area contributed by atoms with Crippen LogP contribution in [0.4, 0.5) is 18.9 Å². The number of aryl methyl sites for hydroxylation is 1. The highest BCUT2D eigenvalue weighted by Crippen LogP contribution is 2.31. The number of ether oxygens (including phenoxy) is 2. The molecule has 6 nitrogen and oxygen atoms in total. The van der Waals surface area contributed by atoms with Gasteiger partial charge in [-0.2, -0.15) is 0 Å². The summed E-state index contributed by atoms with van der Waals surface area (Å²) < 4.78 is 48.6. The lowest BCUT2D eigenvalue weighted by Gasteiger charge is -2.13. The fourth-order valence-electron chi connectivity index (χ4n) is 3.29. The van der Waals surface area contributed by atoms with Crippen molar-refractivity contribution in [2.24, 2.45) is 0 Å². The van der Waals surface area contributed by atoms with E-state index in [1.54, 1.807) is 12.1 Å². The predicted octanol–water partition coefficient (Wildman–Crippen LogP) is 5.47. The molecule has 0 atom stereocenters. The summed E-state index contributed by atoms with van der Waals surface area (Å²) in [5, 5.41) is 2.69. The third kappa shape index (κ3) is 4.51. The highest BCUT2D eigenvalue weighted by Gasteiger charge is 2.31. The van der Waals surface area contributed by atoms with Crippen LogP contribution < -0.4 is 14.8 Å². The molecule has 4 rings (SSSR count). The van der Waals surface area contributed by atoms with E-state index in [1.807, 2.05) is 41.9 Å². The van der Waals surface area contributed by atoms with Gasteiger partial charge >= 0.3 is 6.36 Å². The molecule has 1 N–H and O–H groups in total. The highest BCUT2D eigenvalue weighted by molar-refractivity contribution is 6.05. The Labute approximate surface area is 181 Å². The first-order chi connectivity index (χ1) is 15.2. The van der Waals surface area contributed by atoms with Crippen LogP contribution in [0.1, 0.15) is 15.9 Å². The molecule has 0 saturated heterocycles. The quantitative estimate of drug-likeness (QED) is 0.446. The van der Waals surface area contributed by atoms with Crippen LogP contribution in [0.3, 0.4) is 0 Å². The van der Waals surface area contributed by atoms with Gasteiger partial charge in [-0.15, -0.1) is 13.2 Å².